The van der Waals surface area contributed by atoms with Crippen molar-refractivity contribution in [2.75, 3.05) is 40.5 Å². The normalized spacial score (nSPS) is 17.5. The van der Waals surface area contributed by atoms with Gasteiger partial charge in [-0.15, -0.1) is 0 Å². The molecule has 0 aromatic heterocycles. The minimum atomic E-state index is -0.141. The first kappa shape index (κ1) is 16.8. The fourth-order valence-corrected chi connectivity index (χ4v) is 2.00. The molecule has 104 valence electrons. The van der Waals surface area contributed by atoms with E-state index in [-0.39, 0.29) is 11.6 Å². The molecule has 0 aromatic carbocycles. The van der Waals surface area contributed by atoms with Crippen molar-refractivity contribution in [3.63, 3.8) is 0 Å². The Balaban J connectivity index is 4.80. The van der Waals surface area contributed by atoms with Crippen LogP contribution in [-0.2, 0) is 9.47 Å². The monoisotopic (exact) mass is 246 g/mol. The summed E-state index contributed by atoms with van der Waals surface area (Å²) in [6.45, 7) is 11.9. The molecule has 0 rings (SSSR count). The molecular formula is C13H30N2O2. The lowest BCUT2D eigenvalue weighted by molar-refractivity contribution is -0.0433. The first-order chi connectivity index (χ1) is 7.92. The van der Waals surface area contributed by atoms with E-state index in [2.05, 4.69) is 32.6 Å². The Morgan fingerprint density at radius 2 is 1.82 bits per heavy atom. The summed E-state index contributed by atoms with van der Waals surface area (Å²) in [5.41, 5.74) is 5.83. The fraction of sp³-hybridized carbons (Fsp3) is 1.00. The van der Waals surface area contributed by atoms with E-state index in [4.69, 9.17) is 15.2 Å². The quantitative estimate of drug-likeness (QED) is 0.667. The first-order valence-corrected chi connectivity index (χ1v) is 6.39. The van der Waals surface area contributed by atoms with Gasteiger partial charge in [-0.05, 0) is 19.8 Å². The highest BCUT2D eigenvalue weighted by Crippen LogP contribution is 2.22. The maximum absolute atomic E-state index is 5.97. The zero-order valence-corrected chi connectivity index (χ0v) is 12.3. The summed E-state index contributed by atoms with van der Waals surface area (Å²) in [5.74, 6) is 0.599. The van der Waals surface area contributed by atoms with E-state index in [0.717, 1.165) is 19.7 Å². The van der Waals surface area contributed by atoms with E-state index in [1.54, 1.807) is 14.2 Å². The van der Waals surface area contributed by atoms with Gasteiger partial charge in [0.05, 0.1) is 18.2 Å². The third-order valence-corrected chi connectivity index (χ3v) is 3.52. The Morgan fingerprint density at radius 1 is 1.24 bits per heavy atom. The predicted molar refractivity (Wildman–Crippen MR) is 72.2 cm³/mol. The topological polar surface area (TPSA) is 47.7 Å². The van der Waals surface area contributed by atoms with Crippen molar-refractivity contribution in [1.82, 2.24) is 4.90 Å². The van der Waals surface area contributed by atoms with Gasteiger partial charge in [0.25, 0.3) is 0 Å². The van der Waals surface area contributed by atoms with Gasteiger partial charge >= 0.3 is 0 Å². The smallest absolute Gasteiger partial charge is 0.0736 e. The number of rotatable bonds is 9. The van der Waals surface area contributed by atoms with Crippen LogP contribution in [0.3, 0.4) is 0 Å². The average Bonchev–Trinajstić information content (AvgIpc) is 2.31. The maximum atomic E-state index is 5.97. The van der Waals surface area contributed by atoms with Crippen LogP contribution in [0.15, 0.2) is 0 Å². The minimum Gasteiger partial charge on any atom is -0.383 e. The maximum Gasteiger partial charge on any atom is 0.0736 e. The van der Waals surface area contributed by atoms with Gasteiger partial charge in [-0.25, -0.2) is 0 Å². The van der Waals surface area contributed by atoms with E-state index >= 15 is 0 Å². The lowest BCUT2D eigenvalue weighted by Crippen LogP contribution is -2.60. The average molecular weight is 246 g/mol. The molecule has 0 aliphatic rings. The number of hydrogen-bond acceptors (Lipinski definition) is 4. The molecule has 0 radical (unpaired) electrons. The van der Waals surface area contributed by atoms with Gasteiger partial charge in [0, 0.05) is 33.9 Å². The summed E-state index contributed by atoms with van der Waals surface area (Å²) in [6.07, 6.45) is 0.100. The lowest BCUT2D eigenvalue weighted by atomic mass is 9.92. The van der Waals surface area contributed by atoms with E-state index in [1.807, 2.05) is 0 Å². The molecule has 0 bridgehead atoms. The van der Waals surface area contributed by atoms with Crippen LogP contribution in [0.25, 0.3) is 0 Å². The van der Waals surface area contributed by atoms with E-state index in [0.29, 0.717) is 12.5 Å². The van der Waals surface area contributed by atoms with Crippen molar-refractivity contribution in [2.24, 2.45) is 11.7 Å². The van der Waals surface area contributed by atoms with Gasteiger partial charge in [0.1, 0.15) is 0 Å². The highest BCUT2D eigenvalue weighted by Gasteiger charge is 2.36. The highest BCUT2D eigenvalue weighted by atomic mass is 16.5. The molecular weight excluding hydrogens is 216 g/mol. The Bertz CT molecular complexity index is 200. The number of nitrogens with two attached hydrogens (primary N) is 1. The zero-order chi connectivity index (χ0) is 13.5. The summed E-state index contributed by atoms with van der Waals surface area (Å²) in [7, 11) is 3.47. The molecule has 0 aliphatic heterocycles. The summed E-state index contributed by atoms with van der Waals surface area (Å²) >= 11 is 0. The van der Waals surface area contributed by atoms with Crippen LogP contribution >= 0.6 is 0 Å². The molecule has 0 aliphatic carbocycles. The summed E-state index contributed by atoms with van der Waals surface area (Å²) in [6, 6.07) is 0. The van der Waals surface area contributed by atoms with Crippen molar-refractivity contribution >= 4 is 0 Å². The second-order valence-electron chi connectivity index (χ2n) is 5.27. The summed E-state index contributed by atoms with van der Waals surface area (Å²) < 4.78 is 10.7. The standard InChI is InChI=1S/C13H30N2O2/c1-11(2)9-15(7-8-16-5)13(4,10-14)12(3)17-6/h11-12H,7-10,14H2,1-6H3. The molecule has 2 N–H and O–H groups in total. The van der Waals surface area contributed by atoms with Gasteiger partial charge in [0.15, 0.2) is 0 Å². The van der Waals surface area contributed by atoms with E-state index < -0.39 is 0 Å². The van der Waals surface area contributed by atoms with Gasteiger partial charge in [-0.3, -0.25) is 4.90 Å². The molecule has 2 atom stereocenters. The van der Waals surface area contributed by atoms with E-state index in [9.17, 15) is 0 Å². The van der Waals surface area contributed by atoms with Crippen LogP contribution in [0.5, 0.6) is 0 Å². The van der Waals surface area contributed by atoms with Crippen molar-refractivity contribution < 1.29 is 9.47 Å². The van der Waals surface area contributed by atoms with Gasteiger partial charge in [-0.1, -0.05) is 13.8 Å². The first-order valence-electron chi connectivity index (χ1n) is 6.39. The van der Waals surface area contributed by atoms with Crippen molar-refractivity contribution in [3.05, 3.63) is 0 Å². The number of methoxy groups -OCH3 is 2. The van der Waals surface area contributed by atoms with Crippen molar-refractivity contribution in [2.45, 2.75) is 39.3 Å². The third-order valence-electron chi connectivity index (χ3n) is 3.52. The largest absolute Gasteiger partial charge is 0.383 e. The summed E-state index contributed by atoms with van der Waals surface area (Å²) in [5, 5.41) is 0. The second-order valence-corrected chi connectivity index (χ2v) is 5.27. The van der Waals surface area contributed by atoms with Crippen LogP contribution in [0.4, 0.5) is 0 Å². The molecule has 0 saturated carbocycles. The Labute approximate surface area is 106 Å². The molecule has 0 heterocycles. The van der Waals surface area contributed by atoms with Crippen molar-refractivity contribution in [1.29, 1.82) is 0 Å². The Kier molecular flexibility index (Phi) is 7.96. The van der Waals surface area contributed by atoms with Crippen LogP contribution in [0.1, 0.15) is 27.7 Å². The number of hydrogen-bond donors (Lipinski definition) is 1. The third kappa shape index (κ3) is 4.92. The van der Waals surface area contributed by atoms with Crippen LogP contribution < -0.4 is 5.73 Å². The van der Waals surface area contributed by atoms with Gasteiger partial charge in [0.2, 0.25) is 0 Å². The zero-order valence-electron chi connectivity index (χ0n) is 12.3. The molecule has 17 heavy (non-hydrogen) atoms. The Hall–Kier alpha value is -0.160. The molecule has 0 spiro atoms. The SMILES string of the molecule is COCCN(CC(C)C)C(C)(CN)C(C)OC. The summed E-state index contributed by atoms with van der Waals surface area (Å²) in [4.78, 5) is 2.38. The highest BCUT2D eigenvalue weighted by molar-refractivity contribution is 4.93. The van der Waals surface area contributed by atoms with Crippen molar-refractivity contribution in [3.8, 4) is 0 Å². The van der Waals surface area contributed by atoms with E-state index in [1.165, 1.54) is 0 Å². The fourth-order valence-electron chi connectivity index (χ4n) is 2.00. The van der Waals surface area contributed by atoms with Gasteiger partial charge < -0.3 is 15.2 Å². The molecule has 4 nitrogen and oxygen atoms in total. The van der Waals surface area contributed by atoms with Crippen LogP contribution in [0.2, 0.25) is 0 Å². The molecule has 4 heteroatoms. The second kappa shape index (κ2) is 8.03. The minimum absolute atomic E-state index is 0.100. The molecule has 0 aromatic rings. The molecule has 0 saturated heterocycles. The number of ether oxygens (including phenoxy) is 2. The lowest BCUT2D eigenvalue weighted by Gasteiger charge is -2.45. The van der Waals surface area contributed by atoms with Crippen LogP contribution in [0, 0.1) is 5.92 Å². The molecule has 2 unspecified atom stereocenters. The van der Waals surface area contributed by atoms with Gasteiger partial charge in [-0.2, -0.15) is 0 Å². The molecule has 0 amide bonds. The Morgan fingerprint density at radius 3 is 2.18 bits per heavy atom. The predicted octanol–water partition coefficient (Wildman–Crippen LogP) is 1.34. The van der Waals surface area contributed by atoms with Crippen LogP contribution in [-0.4, -0.2) is 57.0 Å². The molecule has 0 fully saturated rings. The number of nitrogens with zero attached hydrogens (tertiary/aromatic N) is 1.